The maximum absolute atomic E-state index is 12.5. The molecule has 0 aromatic heterocycles. The van der Waals surface area contributed by atoms with E-state index in [1.807, 2.05) is 0 Å². The van der Waals surface area contributed by atoms with E-state index in [-0.39, 0.29) is 11.4 Å². The average molecular weight is 326 g/mol. The Morgan fingerprint density at radius 3 is 1.94 bits per heavy atom. The first-order chi connectivity index (χ1) is 7.28. The van der Waals surface area contributed by atoms with E-state index >= 15 is 0 Å². The molecule has 16 heavy (non-hydrogen) atoms. The van der Waals surface area contributed by atoms with Gasteiger partial charge in [-0.25, -0.2) is 4.39 Å². The van der Waals surface area contributed by atoms with Crippen LogP contribution < -0.4 is 0 Å². The third-order valence-electron chi connectivity index (χ3n) is 1.24. The molecule has 0 aliphatic carbocycles. The Balaban J connectivity index is 0.000000325. The summed E-state index contributed by atoms with van der Waals surface area (Å²) in [5, 5.41) is -0.766. The van der Waals surface area contributed by atoms with Crippen molar-refractivity contribution in [2.75, 3.05) is 5.88 Å². The van der Waals surface area contributed by atoms with Gasteiger partial charge < -0.3 is 0 Å². The first-order valence-electron chi connectivity index (χ1n) is 3.85. The fourth-order valence-electron chi connectivity index (χ4n) is 0.621. The Bertz CT molecular complexity index is 350. The van der Waals surface area contributed by atoms with Gasteiger partial charge in [-0.2, -0.15) is 0 Å². The molecule has 90 valence electrons. The second-order valence-corrected chi connectivity index (χ2v) is 5.63. The smallest absolute Gasteiger partial charge is 0.255 e. The number of rotatable bonds is 1. The molecule has 1 nitrogen and oxygen atoms in total. The minimum atomic E-state index is -1.28. The molecule has 1 rings (SSSR count). The Morgan fingerprint density at radius 2 is 1.69 bits per heavy atom. The maximum atomic E-state index is 12.5. The van der Waals surface area contributed by atoms with Crippen molar-refractivity contribution in [1.82, 2.24) is 0 Å². The molecule has 1 aromatic carbocycles. The van der Waals surface area contributed by atoms with Gasteiger partial charge in [0.05, 0.1) is 11.4 Å². The van der Waals surface area contributed by atoms with Crippen molar-refractivity contribution >= 4 is 63.2 Å². The summed E-state index contributed by atoms with van der Waals surface area (Å²) in [7, 11) is 0. The van der Waals surface area contributed by atoms with Crippen LogP contribution >= 0.6 is 58.0 Å². The highest BCUT2D eigenvalue weighted by Crippen LogP contribution is 2.26. The topological polar surface area (TPSA) is 17.1 Å². The van der Waals surface area contributed by atoms with Gasteiger partial charge in [-0.3, -0.25) is 4.79 Å². The molecule has 0 spiro atoms. The van der Waals surface area contributed by atoms with E-state index in [2.05, 4.69) is 0 Å². The van der Waals surface area contributed by atoms with Crippen LogP contribution in [0.4, 0.5) is 4.39 Å². The highest BCUT2D eigenvalue weighted by atomic mass is 35.6. The van der Waals surface area contributed by atoms with Crippen LogP contribution in [0.25, 0.3) is 0 Å². The lowest BCUT2D eigenvalue weighted by Gasteiger charge is -2.00. The Kier molecular flexibility index (Phi) is 7.70. The first-order valence-corrected chi connectivity index (χ1v) is 5.89. The van der Waals surface area contributed by atoms with E-state index in [1.54, 1.807) is 6.07 Å². The summed E-state index contributed by atoms with van der Waals surface area (Å²) in [4.78, 5) is 10.4. The fourth-order valence-corrected chi connectivity index (χ4v) is 0.774. The van der Waals surface area contributed by atoms with E-state index < -0.39 is 14.9 Å². The summed E-state index contributed by atoms with van der Waals surface area (Å²) < 4.78 is 11.3. The molecular weight excluding hydrogens is 320 g/mol. The lowest BCUT2D eigenvalue weighted by molar-refractivity contribution is 0.107. The van der Waals surface area contributed by atoms with Crippen molar-refractivity contribution in [3.63, 3.8) is 0 Å². The molecule has 0 N–H and O–H groups in total. The van der Waals surface area contributed by atoms with Crippen LogP contribution in [0.1, 0.15) is 10.4 Å². The van der Waals surface area contributed by atoms with Crippen molar-refractivity contribution < 1.29 is 9.18 Å². The quantitative estimate of drug-likeness (QED) is 0.535. The first kappa shape index (κ1) is 16.3. The van der Waals surface area contributed by atoms with Crippen LogP contribution in [-0.4, -0.2) is 14.9 Å². The van der Waals surface area contributed by atoms with E-state index in [0.717, 1.165) is 0 Å². The van der Waals surface area contributed by atoms with Gasteiger partial charge >= 0.3 is 0 Å². The van der Waals surface area contributed by atoms with Gasteiger partial charge in [0.1, 0.15) is 5.82 Å². The zero-order chi connectivity index (χ0) is 12.8. The van der Waals surface area contributed by atoms with Crippen LogP contribution in [0.3, 0.4) is 0 Å². The summed E-state index contributed by atoms with van der Waals surface area (Å²) in [5.74, 6) is -0.542. The summed E-state index contributed by atoms with van der Waals surface area (Å²) >= 11 is 25.5. The highest BCUT2D eigenvalue weighted by Gasteiger charge is 2.16. The third kappa shape index (κ3) is 7.53. The fraction of sp³-hybridized carbons (Fsp3) is 0.222. The van der Waals surface area contributed by atoms with Gasteiger partial charge in [0.25, 0.3) is 5.24 Å². The average Bonchev–Trinajstić information content (AvgIpc) is 2.18. The maximum Gasteiger partial charge on any atom is 0.255 e. The minimum Gasteiger partial charge on any atom is -0.275 e. The van der Waals surface area contributed by atoms with Crippen molar-refractivity contribution in [1.29, 1.82) is 0 Å². The molecule has 0 aliphatic rings. The number of carbonyl (C=O) groups is 1. The summed E-state index contributed by atoms with van der Waals surface area (Å²) in [6.07, 6.45) is 0. The minimum absolute atomic E-state index is 0.0394. The van der Waals surface area contributed by atoms with Gasteiger partial charge in [-0.05, 0) is 23.7 Å². The second-order valence-electron chi connectivity index (χ2n) is 2.50. The molecule has 0 bridgehead atoms. The summed E-state index contributed by atoms with van der Waals surface area (Å²) in [5.41, 5.74) is -0.0795. The Hall–Kier alpha value is 0.270. The van der Waals surface area contributed by atoms with Gasteiger partial charge in [0.2, 0.25) is 3.79 Å². The predicted octanol–water partition coefficient (Wildman–Crippen LogP) is 4.80. The molecule has 0 heterocycles. The molecule has 0 radical (unpaired) electrons. The van der Waals surface area contributed by atoms with Gasteiger partial charge in [-0.1, -0.05) is 46.9 Å². The van der Waals surface area contributed by atoms with E-state index in [1.165, 1.54) is 18.2 Å². The van der Waals surface area contributed by atoms with Crippen molar-refractivity contribution in [3.05, 3.63) is 35.6 Å². The lowest BCUT2D eigenvalue weighted by Crippen LogP contribution is -2.01. The molecular formula is C9H6Cl5FO. The van der Waals surface area contributed by atoms with Crippen molar-refractivity contribution in [2.24, 2.45) is 0 Å². The molecule has 0 fully saturated rings. The van der Waals surface area contributed by atoms with E-state index in [0.29, 0.717) is 0 Å². The zero-order valence-electron chi connectivity index (χ0n) is 7.69. The number of benzene rings is 1. The largest absolute Gasteiger partial charge is 0.275 e. The van der Waals surface area contributed by atoms with Crippen LogP contribution in [0.2, 0.25) is 0 Å². The summed E-state index contributed by atoms with van der Waals surface area (Å²) in [6.45, 7) is 0. The molecule has 0 aliphatic heterocycles. The Labute approximate surface area is 117 Å². The molecule has 0 saturated carbocycles. The van der Waals surface area contributed by atoms with Crippen molar-refractivity contribution in [2.45, 2.75) is 3.79 Å². The number of halogens is 6. The number of carbonyl (C=O) groups excluding carboxylic acids is 1. The normalized spacial score (nSPS) is 10.4. The van der Waals surface area contributed by atoms with Crippen LogP contribution in [0.15, 0.2) is 24.3 Å². The molecule has 0 amide bonds. The SMILES string of the molecule is ClCC(Cl)(Cl)Cl.O=C(Cl)c1ccccc1F. The summed E-state index contributed by atoms with van der Waals surface area (Å²) in [6, 6.07) is 5.58. The van der Waals surface area contributed by atoms with Crippen LogP contribution in [-0.2, 0) is 0 Å². The molecule has 1 aromatic rings. The second kappa shape index (κ2) is 7.57. The molecule has 0 atom stereocenters. The number of alkyl halides is 4. The zero-order valence-corrected chi connectivity index (χ0v) is 11.5. The van der Waals surface area contributed by atoms with Crippen molar-refractivity contribution in [3.8, 4) is 0 Å². The van der Waals surface area contributed by atoms with Crippen LogP contribution in [0, 0.1) is 5.82 Å². The van der Waals surface area contributed by atoms with E-state index in [9.17, 15) is 9.18 Å². The predicted molar refractivity (Wildman–Crippen MR) is 67.6 cm³/mol. The third-order valence-corrected chi connectivity index (χ3v) is 2.65. The monoisotopic (exact) mass is 324 g/mol. The molecule has 0 unspecified atom stereocenters. The highest BCUT2D eigenvalue weighted by molar-refractivity contribution is 6.69. The van der Waals surface area contributed by atoms with E-state index in [4.69, 9.17) is 58.0 Å². The standard InChI is InChI=1S/C7H4ClFO.C2H2Cl4/c8-7(10)5-3-1-2-4-6(5)9;3-1-2(4,5)6/h1-4H;1H2. The Morgan fingerprint density at radius 1 is 1.25 bits per heavy atom. The van der Waals surface area contributed by atoms with Gasteiger partial charge in [0.15, 0.2) is 0 Å². The van der Waals surface area contributed by atoms with Crippen LogP contribution in [0.5, 0.6) is 0 Å². The lowest BCUT2D eigenvalue weighted by atomic mass is 10.2. The molecule has 7 heteroatoms. The number of hydrogen-bond donors (Lipinski definition) is 0. The molecule has 0 saturated heterocycles. The van der Waals surface area contributed by atoms with Gasteiger partial charge in [-0.15, -0.1) is 11.6 Å². The van der Waals surface area contributed by atoms with Gasteiger partial charge in [0, 0.05) is 0 Å². The number of hydrogen-bond acceptors (Lipinski definition) is 1.